The SMILES string of the molecule is Cc1cc(C#CC=O)ccc1Br. The monoisotopic (exact) mass is 222 g/mol. The van der Waals surface area contributed by atoms with Crippen molar-refractivity contribution in [2.24, 2.45) is 0 Å². The van der Waals surface area contributed by atoms with Gasteiger partial charge in [-0.05, 0) is 36.6 Å². The first kappa shape index (κ1) is 9.02. The average molecular weight is 223 g/mol. The third kappa shape index (κ3) is 2.21. The van der Waals surface area contributed by atoms with E-state index >= 15 is 0 Å². The number of carbonyl (C=O) groups is 1. The van der Waals surface area contributed by atoms with Crippen LogP contribution in [0.15, 0.2) is 22.7 Å². The van der Waals surface area contributed by atoms with Crippen LogP contribution in [0.2, 0.25) is 0 Å². The molecule has 0 heterocycles. The van der Waals surface area contributed by atoms with E-state index in [0.29, 0.717) is 6.29 Å². The Balaban J connectivity index is 3.04. The lowest BCUT2D eigenvalue weighted by atomic mass is 10.1. The molecule has 0 aliphatic rings. The van der Waals surface area contributed by atoms with E-state index in [0.717, 1.165) is 15.6 Å². The fourth-order valence-electron chi connectivity index (χ4n) is 0.835. The first-order valence-electron chi connectivity index (χ1n) is 3.45. The Morgan fingerprint density at radius 2 is 2.25 bits per heavy atom. The Morgan fingerprint density at radius 3 is 2.83 bits per heavy atom. The van der Waals surface area contributed by atoms with Crippen molar-refractivity contribution in [1.82, 2.24) is 0 Å². The van der Waals surface area contributed by atoms with E-state index in [1.807, 2.05) is 25.1 Å². The molecule has 0 fully saturated rings. The molecule has 0 aliphatic carbocycles. The summed E-state index contributed by atoms with van der Waals surface area (Å²) in [7, 11) is 0. The van der Waals surface area contributed by atoms with Gasteiger partial charge in [0.15, 0.2) is 6.29 Å². The minimum absolute atomic E-state index is 0.595. The third-order valence-electron chi connectivity index (χ3n) is 1.43. The van der Waals surface area contributed by atoms with Crippen molar-refractivity contribution in [3.05, 3.63) is 33.8 Å². The molecule has 0 spiro atoms. The van der Waals surface area contributed by atoms with E-state index < -0.39 is 0 Å². The van der Waals surface area contributed by atoms with E-state index in [9.17, 15) is 4.79 Å². The summed E-state index contributed by atoms with van der Waals surface area (Å²) in [6.45, 7) is 1.98. The van der Waals surface area contributed by atoms with Crippen LogP contribution in [-0.2, 0) is 4.79 Å². The minimum atomic E-state index is 0.595. The van der Waals surface area contributed by atoms with Gasteiger partial charge in [0, 0.05) is 10.0 Å². The van der Waals surface area contributed by atoms with E-state index in [1.54, 1.807) is 0 Å². The molecule has 0 saturated heterocycles. The lowest BCUT2D eigenvalue weighted by molar-refractivity contribution is -0.103. The molecule has 1 nitrogen and oxygen atoms in total. The van der Waals surface area contributed by atoms with E-state index in [-0.39, 0.29) is 0 Å². The second-order valence-corrected chi connectivity index (χ2v) is 3.21. The summed E-state index contributed by atoms with van der Waals surface area (Å²) in [5.41, 5.74) is 1.98. The number of benzene rings is 1. The normalized spacial score (nSPS) is 8.50. The van der Waals surface area contributed by atoms with E-state index in [1.165, 1.54) is 0 Å². The molecule has 1 aromatic rings. The van der Waals surface area contributed by atoms with Crippen LogP contribution in [0.3, 0.4) is 0 Å². The Labute approximate surface area is 79.9 Å². The molecule has 1 aromatic carbocycles. The van der Waals surface area contributed by atoms with Gasteiger partial charge in [-0.2, -0.15) is 0 Å². The van der Waals surface area contributed by atoms with Crippen molar-refractivity contribution in [2.75, 3.05) is 0 Å². The predicted octanol–water partition coefficient (Wildman–Crippen LogP) is 2.31. The van der Waals surface area contributed by atoms with E-state index in [2.05, 4.69) is 27.8 Å². The fraction of sp³-hybridized carbons (Fsp3) is 0.100. The van der Waals surface area contributed by atoms with Crippen LogP contribution in [0.5, 0.6) is 0 Å². The zero-order valence-electron chi connectivity index (χ0n) is 6.60. The molecular formula is C10H7BrO. The second-order valence-electron chi connectivity index (χ2n) is 2.35. The second kappa shape index (κ2) is 4.08. The Morgan fingerprint density at radius 1 is 1.50 bits per heavy atom. The van der Waals surface area contributed by atoms with Crippen LogP contribution in [0.25, 0.3) is 0 Å². The van der Waals surface area contributed by atoms with Crippen LogP contribution in [0.4, 0.5) is 0 Å². The van der Waals surface area contributed by atoms with Gasteiger partial charge in [-0.3, -0.25) is 4.79 Å². The minimum Gasteiger partial charge on any atom is -0.289 e. The van der Waals surface area contributed by atoms with Crippen LogP contribution >= 0.6 is 15.9 Å². The molecule has 0 aromatic heterocycles. The van der Waals surface area contributed by atoms with Crippen LogP contribution < -0.4 is 0 Å². The Bertz CT molecular complexity index is 358. The maximum atomic E-state index is 9.95. The highest BCUT2D eigenvalue weighted by molar-refractivity contribution is 9.10. The van der Waals surface area contributed by atoms with Crippen molar-refractivity contribution in [1.29, 1.82) is 0 Å². The molecule has 0 atom stereocenters. The van der Waals surface area contributed by atoms with Gasteiger partial charge in [-0.1, -0.05) is 21.9 Å². The number of hydrogen-bond acceptors (Lipinski definition) is 1. The molecule has 1 rings (SSSR count). The smallest absolute Gasteiger partial charge is 0.193 e. The summed E-state index contributed by atoms with van der Waals surface area (Å²) in [4.78, 5) is 9.95. The number of rotatable bonds is 0. The molecule has 60 valence electrons. The maximum absolute atomic E-state index is 9.95. The topological polar surface area (TPSA) is 17.1 Å². The molecule has 12 heavy (non-hydrogen) atoms. The van der Waals surface area contributed by atoms with Gasteiger partial charge in [0.2, 0.25) is 0 Å². The Hall–Kier alpha value is -1.07. The number of carbonyl (C=O) groups excluding carboxylic acids is 1. The molecule has 0 radical (unpaired) electrons. The largest absolute Gasteiger partial charge is 0.289 e. The number of halogens is 1. The van der Waals surface area contributed by atoms with Crippen LogP contribution in [-0.4, -0.2) is 6.29 Å². The first-order chi connectivity index (χ1) is 5.74. The summed E-state index contributed by atoms with van der Waals surface area (Å²) < 4.78 is 1.05. The molecule has 0 amide bonds. The zero-order chi connectivity index (χ0) is 8.97. The highest BCUT2D eigenvalue weighted by Crippen LogP contribution is 2.16. The zero-order valence-corrected chi connectivity index (χ0v) is 8.18. The molecule has 2 heteroatoms. The van der Waals surface area contributed by atoms with Gasteiger partial charge in [0.25, 0.3) is 0 Å². The standard InChI is InChI=1S/C10H7BrO/c1-8-7-9(3-2-6-12)4-5-10(8)11/h4-7H,1H3. The Kier molecular flexibility index (Phi) is 3.07. The highest BCUT2D eigenvalue weighted by Gasteiger charge is 1.93. The van der Waals surface area contributed by atoms with Gasteiger partial charge in [-0.25, -0.2) is 0 Å². The van der Waals surface area contributed by atoms with Gasteiger partial charge >= 0.3 is 0 Å². The van der Waals surface area contributed by atoms with Crippen molar-refractivity contribution < 1.29 is 4.79 Å². The third-order valence-corrected chi connectivity index (χ3v) is 2.32. The number of aldehydes is 1. The quantitative estimate of drug-likeness (QED) is 0.487. The summed E-state index contributed by atoms with van der Waals surface area (Å²) in [5.74, 6) is 5.09. The number of aryl methyl sites for hydroxylation is 1. The molecular weight excluding hydrogens is 216 g/mol. The van der Waals surface area contributed by atoms with Crippen molar-refractivity contribution in [3.63, 3.8) is 0 Å². The number of hydrogen-bond donors (Lipinski definition) is 0. The first-order valence-corrected chi connectivity index (χ1v) is 4.24. The van der Waals surface area contributed by atoms with Crippen molar-refractivity contribution in [2.45, 2.75) is 6.92 Å². The molecule has 0 aliphatic heterocycles. The summed E-state index contributed by atoms with van der Waals surface area (Å²) in [6.07, 6.45) is 0.595. The summed E-state index contributed by atoms with van der Waals surface area (Å²) in [5, 5.41) is 0. The predicted molar refractivity (Wildman–Crippen MR) is 51.8 cm³/mol. The highest BCUT2D eigenvalue weighted by atomic mass is 79.9. The van der Waals surface area contributed by atoms with Crippen LogP contribution in [0.1, 0.15) is 11.1 Å². The van der Waals surface area contributed by atoms with Gasteiger partial charge < -0.3 is 0 Å². The van der Waals surface area contributed by atoms with Gasteiger partial charge in [-0.15, -0.1) is 0 Å². The lowest BCUT2D eigenvalue weighted by Gasteiger charge is -1.96. The summed E-state index contributed by atoms with van der Waals surface area (Å²) in [6, 6.07) is 5.72. The van der Waals surface area contributed by atoms with Gasteiger partial charge in [0.1, 0.15) is 0 Å². The van der Waals surface area contributed by atoms with Crippen molar-refractivity contribution >= 4 is 22.2 Å². The van der Waals surface area contributed by atoms with Gasteiger partial charge in [0.05, 0.1) is 0 Å². The van der Waals surface area contributed by atoms with E-state index in [4.69, 9.17) is 0 Å². The molecule has 0 saturated carbocycles. The fourth-order valence-corrected chi connectivity index (χ4v) is 1.08. The molecule has 0 N–H and O–H groups in total. The van der Waals surface area contributed by atoms with Crippen molar-refractivity contribution in [3.8, 4) is 11.8 Å². The lowest BCUT2D eigenvalue weighted by Crippen LogP contribution is -1.79. The average Bonchev–Trinajstić information content (AvgIpc) is 2.07. The maximum Gasteiger partial charge on any atom is 0.193 e. The van der Waals surface area contributed by atoms with Crippen LogP contribution in [0, 0.1) is 18.8 Å². The summed E-state index contributed by atoms with van der Waals surface area (Å²) >= 11 is 3.38. The molecule has 0 bridgehead atoms. The molecule has 0 unspecified atom stereocenters.